The molecule has 0 aromatic carbocycles. The van der Waals surface area contributed by atoms with E-state index in [1.165, 1.54) is 0 Å². The van der Waals surface area contributed by atoms with Crippen LogP contribution in [0.5, 0.6) is 0 Å². The quantitative estimate of drug-likeness (QED) is 0.510. The molecule has 0 atom stereocenters. The molecule has 1 heterocycles. The molecular weight excluding hydrogens is 330 g/mol. The summed E-state index contributed by atoms with van der Waals surface area (Å²) in [5, 5.41) is 8.63. The lowest BCUT2D eigenvalue weighted by Crippen LogP contribution is -2.48. The smallest absolute Gasteiger partial charge is 0.290 e. The van der Waals surface area contributed by atoms with E-state index in [1.54, 1.807) is 17.3 Å². The van der Waals surface area contributed by atoms with E-state index in [-0.39, 0.29) is 17.7 Å². The first-order valence-corrected chi connectivity index (χ1v) is 9.17. The summed E-state index contributed by atoms with van der Waals surface area (Å²) in [6, 6.07) is 1.85. The Morgan fingerprint density at radius 2 is 2.27 bits per heavy atom. The van der Waals surface area contributed by atoms with E-state index in [2.05, 4.69) is 22.6 Å². The van der Waals surface area contributed by atoms with Crippen LogP contribution in [0.25, 0.3) is 5.57 Å². The van der Waals surface area contributed by atoms with Crippen LogP contribution < -0.4 is 16.9 Å². The number of nitrogens with one attached hydrogen (secondary N) is 1. The molecule has 1 aromatic rings. The molecule has 5 N–H and O–H groups in total. The molecule has 0 bridgehead atoms. The minimum atomic E-state index is -0.215. The number of amides is 1. The van der Waals surface area contributed by atoms with Crippen molar-refractivity contribution in [2.75, 3.05) is 6.54 Å². The highest BCUT2D eigenvalue weighted by molar-refractivity contribution is 5.92. The first kappa shape index (κ1) is 18.3. The van der Waals surface area contributed by atoms with E-state index in [0.717, 1.165) is 49.9 Å². The van der Waals surface area contributed by atoms with Gasteiger partial charge in [0.25, 0.3) is 5.91 Å². The Morgan fingerprint density at radius 3 is 2.96 bits per heavy atom. The standard InChI is InChI=1S/C19H27N5O2/c1-2-15(20)12-24(21)11-13-8-16(9-13)22-19(25)18-10-17(23-26-18)14-6-4-3-5-7-14/h4,6-7,10,12-13,16H,2-3,5,8-9,11,20-21H2,1H3,(H,22,25)/b15-12-. The maximum Gasteiger partial charge on any atom is 0.290 e. The minimum Gasteiger partial charge on any atom is -0.401 e. The number of carbonyl (C=O) groups is 1. The predicted molar refractivity (Wildman–Crippen MR) is 100 cm³/mol. The number of allylic oxidation sites excluding steroid dienone is 5. The van der Waals surface area contributed by atoms with Gasteiger partial charge in [-0.05, 0) is 43.6 Å². The predicted octanol–water partition coefficient (Wildman–Crippen LogP) is 2.30. The van der Waals surface area contributed by atoms with Gasteiger partial charge >= 0.3 is 0 Å². The van der Waals surface area contributed by atoms with Gasteiger partial charge in [0.2, 0.25) is 5.76 Å². The van der Waals surface area contributed by atoms with Crippen LogP contribution in [0.2, 0.25) is 0 Å². The fraction of sp³-hybridized carbons (Fsp3) is 0.474. The number of hydrogen-bond acceptors (Lipinski definition) is 6. The highest BCUT2D eigenvalue weighted by atomic mass is 16.5. The minimum absolute atomic E-state index is 0.149. The van der Waals surface area contributed by atoms with Crippen LogP contribution in [0.3, 0.4) is 0 Å². The number of aromatic nitrogens is 1. The van der Waals surface area contributed by atoms with Gasteiger partial charge in [0.05, 0.1) is 0 Å². The zero-order chi connectivity index (χ0) is 18.5. The van der Waals surface area contributed by atoms with Crippen molar-refractivity contribution in [3.63, 3.8) is 0 Å². The average Bonchev–Trinajstić information content (AvgIpc) is 3.10. The number of hydrazine groups is 1. The number of nitrogens with two attached hydrogens (primary N) is 2. The topological polar surface area (TPSA) is 110 Å². The Labute approximate surface area is 153 Å². The molecule has 3 rings (SSSR count). The van der Waals surface area contributed by atoms with Crippen molar-refractivity contribution in [3.8, 4) is 0 Å². The second kappa shape index (κ2) is 8.23. The third kappa shape index (κ3) is 4.54. The summed E-state index contributed by atoms with van der Waals surface area (Å²) in [4.78, 5) is 12.3. The van der Waals surface area contributed by atoms with E-state index in [4.69, 9.17) is 16.1 Å². The molecule has 0 radical (unpaired) electrons. The van der Waals surface area contributed by atoms with E-state index in [9.17, 15) is 4.79 Å². The van der Waals surface area contributed by atoms with Crippen LogP contribution in [-0.2, 0) is 0 Å². The highest BCUT2D eigenvalue weighted by Crippen LogP contribution is 2.28. The molecule has 1 saturated carbocycles. The Bertz CT molecular complexity index is 728. The van der Waals surface area contributed by atoms with Crippen LogP contribution >= 0.6 is 0 Å². The summed E-state index contributed by atoms with van der Waals surface area (Å²) in [6.07, 6.45) is 12.6. The van der Waals surface area contributed by atoms with Gasteiger partial charge in [-0.15, -0.1) is 0 Å². The zero-order valence-electron chi connectivity index (χ0n) is 15.1. The monoisotopic (exact) mass is 357 g/mol. The fourth-order valence-electron chi connectivity index (χ4n) is 3.24. The van der Waals surface area contributed by atoms with Crippen LogP contribution in [-0.4, -0.2) is 28.7 Å². The molecule has 26 heavy (non-hydrogen) atoms. The molecule has 0 unspecified atom stereocenters. The maximum absolute atomic E-state index is 12.3. The van der Waals surface area contributed by atoms with Crippen molar-refractivity contribution in [2.45, 2.75) is 45.1 Å². The Balaban J connectivity index is 1.45. The molecule has 7 nitrogen and oxygen atoms in total. The average molecular weight is 357 g/mol. The number of hydrogen-bond donors (Lipinski definition) is 3. The summed E-state index contributed by atoms with van der Waals surface area (Å²) in [5.41, 5.74) is 8.26. The summed E-state index contributed by atoms with van der Waals surface area (Å²) in [6.45, 7) is 2.73. The number of rotatable bonds is 7. The van der Waals surface area contributed by atoms with Crippen molar-refractivity contribution in [3.05, 3.63) is 47.6 Å². The largest absolute Gasteiger partial charge is 0.401 e. The van der Waals surface area contributed by atoms with E-state index in [1.807, 2.05) is 13.0 Å². The Kier molecular flexibility index (Phi) is 5.78. The Hall–Kier alpha value is -2.54. The van der Waals surface area contributed by atoms with Crippen molar-refractivity contribution >= 4 is 11.5 Å². The lowest BCUT2D eigenvalue weighted by Gasteiger charge is -2.37. The summed E-state index contributed by atoms with van der Waals surface area (Å²) >= 11 is 0. The van der Waals surface area contributed by atoms with E-state index >= 15 is 0 Å². The van der Waals surface area contributed by atoms with Crippen LogP contribution in [0.4, 0.5) is 0 Å². The lowest BCUT2D eigenvalue weighted by molar-refractivity contribution is 0.0837. The summed E-state index contributed by atoms with van der Waals surface area (Å²) in [5.74, 6) is 6.42. The number of nitrogens with zero attached hydrogens (tertiary/aromatic N) is 2. The van der Waals surface area contributed by atoms with E-state index in [0.29, 0.717) is 11.6 Å². The molecule has 1 amide bonds. The van der Waals surface area contributed by atoms with Crippen molar-refractivity contribution in [1.29, 1.82) is 0 Å². The fourth-order valence-corrected chi connectivity index (χ4v) is 3.24. The zero-order valence-corrected chi connectivity index (χ0v) is 15.1. The molecule has 2 aliphatic rings. The second-order valence-corrected chi connectivity index (χ2v) is 6.98. The molecule has 0 aliphatic heterocycles. The molecule has 0 spiro atoms. The van der Waals surface area contributed by atoms with Crippen molar-refractivity contribution < 1.29 is 9.32 Å². The molecule has 2 aliphatic carbocycles. The first-order valence-electron chi connectivity index (χ1n) is 9.17. The van der Waals surface area contributed by atoms with Gasteiger partial charge < -0.3 is 20.6 Å². The maximum atomic E-state index is 12.3. The summed E-state index contributed by atoms with van der Waals surface area (Å²) in [7, 11) is 0. The van der Waals surface area contributed by atoms with Crippen LogP contribution in [0.15, 0.2) is 40.7 Å². The third-order valence-corrected chi connectivity index (χ3v) is 4.80. The first-order chi connectivity index (χ1) is 12.5. The van der Waals surface area contributed by atoms with Crippen LogP contribution in [0.1, 0.15) is 55.3 Å². The second-order valence-electron chi connectivity index (χ2n) is 6.98. The van der Waals surface area contributed by atoms with Crippen molar-refractivity contribution in [2.24, 2.45) is 17.5 Å². The highest BCUT2D eigenvalue weighted by Gasteiger charge is 2.32. The SMILES string of the molecule is CC/C(N)=C/N(N)CC1CC(NC(=O)c2cc(C3=CCCC=C3)no2)C1. The lowest BCUT2D eigenvalue weighted by atomic mass is 9.80. The van der Waals surface area contributed by atoms with Gasteiger partial charge in [-0.25, -0.2) is 5.84 Å². The number of carbonyl (C=O) groups excluding carboxylic acids is 1. The van der Waals surface area contributed by atoms with Gasteiger partial charge in [-0.1, -0.05) is 30.3 Å². The molecule has 1 aromatic heterocycles. The third-order valence-electron chi connectivity index (χ3n) is 4.80. The van der Waals surface area contributed by atoms with E-state index < -0.39 is 0 Å². The molecular formula is C19H27N5O2. The van der Waals surface area contributed by atoms with Gasteiger partial charge in [-0.3, -0.25) is 4.79 Å². The van der Waals surface area contributed by atoms with Crippen LogP contribution in [0, 0.1) is 5.92 Å². The van der Waals surface area contributed by atoms with Gasteiger partial charge in [0, 0.05) is 30.5 Å². The van der Waals surface area contributed by atoms with Gasteiger partial charge in [0.1, 0.15) is 5.69 Å². The Morgan fingerprint density at radius 1 is 1.46 bits per heavy atom. The van der Waals surface area contributed by atoms with Gasteiger partial charge in [0.15, 0.2) is 0 Å². The molecule has 7 heteroatoms. The summed E-state index contributed by atoms with van der Waals surface area (Å²) < 4.78 is 5.21. The molecule has 1 fully saturated rings. The normalized spacial score (nSPS) is 22.5. The molecule has 0 saturated heterocycles. The van der Waals surface area contributed by atoms with Gasteiger partial charge in [-0.2, -0.15) is 0 Å². The molecule has 140 valence electrons. The van der Waals surface area contributed by atoms with Crippen molar-refractivity contribution in [1.82, 2.24) is 15.5 Å².